The van der Waals surface area contributed by atoms with Crippen LogP contribution in [0.15, 0.2) is 77.7 Å². The maximum Gasteiger partial charge on any atom is 0.254 e. The molecule has 3 aromatic rings. The molecule has 3 aromatic carbocycles. The number of hydrogen-bond acceptors (Lipinski definition) is 5. The number of carbonyl (C=O) groups is 1. The molecule has 0 aliphatic carbocycles. The normalized spacial score (nSPS) is 11.1. The molecule has 0 saturated heterocycles. The van der Waals surface area contributed by atoms with Crippen LogP contribution in [-0.4, -0.2) is 38.7 Å². The van der Waals surface area contributed by atoms with Gasteiger partial charge >= 0.3 is 0 Å². The van der Waals surface area contributed by atoms with Gasteiger partial charge < -0.3 is 9.64 Å². The van der Waals surface area contributed by atoms with Gasteiger partial charge in [0.25, 0.3) is 5.91 Å². The minimum Gasteiger partial charge on any atom is -0.384 e. The Morgan fingerprint density at radius 3 is 2.27 bits per heavy atom. The molecule has 0 fully saturated rings. The lowest BCUT2D eigenvalue weighted by atomic mass is 10.1. The lowest BCUT2D eigenvalue weighted by molar-refractivity contribution is 0.0729. The van der Waals surface area contributed by atoms with Gasteiger partial charge in [0.15, 0.2) is 9.84 Å². The third kappa shape index (κ3) is 6.48. The summed E-state index contributed by atoms with van der Waals surface area (Å²) in [5.74, 6) is -0.880. The number of carbonyl (C=O) groups excluding carboxylic acids is 1. The highest BCUT2D eigenvalue weighted by molar-refractivity contribution is 7.91. The molecule has 33 heavy (non-hydrogen) atoms. The fourth-order valence-electron chi connectivity index (χ4n) is 3.26. The van der Waals surface area contributed by atoms with Crippen LogP contribution in [0.3, 0.4) is 0 Å². The first kappa shape index (κ1) is 24.1. The van der Waals surface area contributed by atoms with Crippen LogP contribution < -0.4 is 0 Å². The van der Waals surface area contributed by atoms with Crippen molar-refractivity contribution in [2.75, 3.05) is 19.5 Å². The molecule has 0 aromatic heterocycles. The molecule has 8 heteroatoms. The maximum atomic E-state index is 13.7. The van der Waals surface area contributed by atoms with E-state index < -0.39 is 15.7 Å². The fraction of sp³-hybridized carbons (Fsp3) is 0.200. The molecular formula is C25H23FN2O4S. The zero-order valence-corrected chi connectivity index (χ0v) is 18.9. The summed E-state index contributed by atoms with van der Waals surface area (Å²) in [5, 5.41) is 9.00. The standard InChI is InChI=1S/C25H23FN2O4S/c1-32-13-14-33(30,31)24-11-9-22(10-12-24)25(29)28(18-21-3-2-4-23(26)15-21)17-20-7-5-19(16-27)6-8-20/h2-12,15H,13-14,17-18H2,1H3. The van der Waals surface area contributed by atoms with Crippen LogP contribution in [-0.2, 0) is 27.7 Å². The third-order valence-corrected chi connectivity index (χ3v) is 6.72. The first-order valence-electron chi connectivity index (χ1n) is 10.2. The summed E-state index contributed by atoms with van der Waals surface area (Å²) >= 11 is 0. The van der Waals surface area contributed by atoms with Crippen LogP contribution in [0.25, 0.3) is 0 Å². The minimum atomic E-state index is -3.51. The second kappa shape index (κ2) is 10.9. The Bertz CT molecular complexity index is 1250. The molecule has 0 heterocycles. The van der Waals surface area contributed by atoms with E-state index in [1.807, 2.05) is 0 Å². The molecule has 3 rings (SSSR count). The molecule has 170 valence electrons. The Hall–Kier alpha value is -3.54. The van der Waals surface area contributed by atoms with Gasteiger partial charge in [-0.25, -0.2) is 12.8 Å². The highest BCUT2D eigenvalue weighted by Crippen LogP contribution is 2.18. The summed E-state index contributed by atoms with van der Waals surface area (Å²) in [6.45, 7) is 0.467. The number of ether oxygens (including phenoxy) is 1. The minimum absolute atomic E-state index is 0.0784. The molecule has 6 nitrogen and oxygen atoms in total. The van der Waals surface area contributed by atoms with Gasteiger partial charge in [-0.3, -0.25) is 4.79 Å². The predicted octanol–water partition coefficient (Wildman–Crippen LogP) is 3.96. The van der Waals surface area contributed by atoms with E-state index in [1.165, 1.54) is 43.5 Å². The zero-order chi connectivity index (χ0) is 23.8. The fourth-order valence-corrected chi connectivity index (χ4v) is 4.43. The van der Waals surface area contributed by atoms with Crippen molar-refractivity contribution in [3.8, 4) is 6.07 Å². The summed E-state index contributed by atoms with van der Waals surface area (Å²) in [6.07, 6.45) is 0. The van der Waals surface area contributed by atoms with Gasteiger partial charge in [-0.2, -0.15) is 5.26 Å². The van der Waals surface area contributed by atoms with Crippen molar-refractivity contribution < 1.29 is 22.3 Å². The van der Waals surface area contributed by atoms with Crippen molar-refractivity contribution in [3.05, 3.63) is 101 Å². The molecule has 0 atom stereocenters. The Morgan fingerprint density at radius 2 is 1.67 bits per heavy atom. The number of halogens is 1. The summed E-state index contributed by atoms with van der Waals surface area (Å²) in [7, 11) is -2.08. The van der Waals surface area contributed by atoms with Crippen LogP contribution in [0.1, 0.15) is 27.0 Å². The summed E-state index contributed by atoms with van der Waals surface area (Å²) in [4.78, 5) is 15.0. The molecule has 0 spiro atoms. The van der Waals surface area contributed by atoms with Crippen LogP contribution in [0, 0.1) is 17.1 Å². The number of nitrogens with zero attached hydrogens (tertiary/aromatic N) is 2. The van der Waals surface area contributed by atoms with Crippen molar-refractivity contribution in [2.45, 2.75) is 18.0 Å². The molecule has 1 amide bonds. The van der Waals surface area contributed by atoms with E-state index in [1.54, 1.807) is 41.3 Å². The van der Waals surface area contributed by atoms with E-state index in [0.717, 1.165) is 5.56 Å². The van der Waals surface area contributed by atoms with E-state index in [9.17, 15) is 17.6 Å². The monoisotopic (exact) mass is 466 g/mol. The average Bonchev–Trinajstić information content (AvgIpc) is 2.82. The topological polar surface area (TPSA) is 87.5 Å². The quantitative estimate of drug-likeness (QED) is 0.476. The second-order valence-electron chi connectivity index (χ2n) is 7.44. The van der Waals surface area contributed by atoms with Crippen LogP contribution in [0.5, 0.6) is 0 Å². The molecule has 0 aliphatic heterocycles. The summed E-state index contributed by atoms with van der Waals surface area (Å²) in [5.41, 5.74) is 2.24. The van der Waals surface area contributed by atoms with Gasteiger partial charge in [0.05, 0.1) is 28.9 Å². The Labute approximate surface area is 192 Å². The van der Waals surface area contributed by atoms with Crippen molar-refractivity contribution in [1.82, 2.24) is 4.90 Å². The van der Waals surface area contributed by atoms with E-state index in [0.29, 0.717) is 16.7 Å². The SMILES string of the molecule is COCCS(=O)(=O)c1ccc(C(=O)N(Cc2ccc(C#N)cc2)Cc2cccc(F)c2)cc1. The molecular weight excluding hydrogens is 443 g/mol. The number of amides is 1. The first-order chi connectivity index (χ1) is 15.8. The van der Waals surface area contributed by atoms with Crippen LogP contribution in [0.4, 0.5) is 4.39 Å². The van der Waals surface area contributed by atoms with Crippen LogP contribution >= 0.6 is 0 Å². The first-order valence-corrected chi connectivity index (χ1v) is 11.8. The smallest absolute Gasteiger partial charge is 0.254 e. The number of sulfone groups is 1. The van der Waals surface area contributed by atoms with E-state index in [-0.39, 0.29) is 36.3 Å². The molecule has 0 N–H and O–H groups in total. The van der Waals surface area contributed by atoms with Crippen molar-refractivity contribution in [1.29, 1.82) is 5.26 Å². The van der Waals surface area contributed by atoms with Gasteiger partial charge in [0.1, 0.15) is 5.82 Å². The van der Waals surface area contributed by atoms with Gasteiger partial charge in [-0.1, -0.05) is 24.3 Å². The molecule has 0 aliphatic rings. The lowest BCUT2D eigenvalue weighted by Crippen LogP contribution is -2.30. The number of methoxy groups -OCH3 is 1. The number of rotatable bonds is 9. The summed E-state index contributed by atoms with van der Waals surface area (Å²) in [6, 6.07) is 20.7. The highest BCUT2D eigenvalue weighted by atomic mass is 32.2. The summed E-state index contributed by atoms with van der Waals surface area (Å²) < 4.78 is 43.2. The van der Waals surface area contributed by atoms with Crippen LogP contribution in [0.2, 0.25) is 0 Å². The van der Waals surface area contributed by atoms with Gasteiger partial charge in [-0.05, 0) is 59.7 Å². The number of hydrogen-bond donors (Lipinski definition) is 0. The Balaban J connectivity index is 1.86. The van der Waals surface area contributed by atoms with Gasteiger partial charge in [-0.15, -0.1) is 0 Å². The van der Waals surface area contributed by atoms with Crippen molar-refractivity contribution >= 4 is 15.7 Å². The maximum absolute atomic E-state index is 13.7. The highest BCUT2D eigenvalue weighted by Gasteiger charge is 2.19. The zero-order valence-electron chi connectivity index (χ0n) is 18.1. The molecule has 0 radical (unpaired) electrons. The Morgan fingerprint density at radius 1 is 1.00 bits per heavy atom. The predicted molar refractivity (Wildman–Crippen MR) is 122 cm³/mol. The van der Waals surface area contributed by atoms with E-state index in [2.05, 4.69) is 6.07 Å². The largest absolute Gasteiger partial charge is 0.384 e. The third-order valence-electron chi connectivity index (χ3n) is 5.02. The molecule has 0 saturated carbocycles. The molecule has 0 bridgehead atoms. The second-order valence-corrected chi connectivity index (χ2v) is 9.55. The number of benzene rings is 3. The van der Waals surface area contributed by atoms with Crippen molar-refractivity contribution in [3.63, 3.8) is 0 Å². The molecule has 0 unspecified atom stereocenters. The van der Waals surface area contributed by atoms with Gasteiger partial charge in [0, 0.05) is 25.8 Å². The van der Waals surface area contributed by atoms with E-state index >= 15 is 0 Å². The Kier molecular flexibility index (Phi) is 7.93. The van der Waals surface area contributed by atoms with Gasteiger partial charge in [0.2, 0.25) is 0 Å². The lowest BCUT2D eigenvalue weighted by Gasteiger charge is -2.23. The van der Waals surface area contributed by atoms with Crippen molar-refractivity contribution in [2.24, 2.45) is 0 Å². The van der Waals surface area contributed by atoms with E-state index in [4.69, 9.17) is 10.00 Å². The average molecular weight is 467 g/mol. The number of nitriles is 1.